The Labute approximate surface area is 309 Å². The van der Waals surface area contributed by atoms with E-state index >= 15 is 0 Å². The van der Waals surface area contributed by atoms with Crippen LogP contribution in [0.5, 0.6) is 11.5 Å². The Morgan fingerprint density at radius 1 is 0.868 bits per heavy atom. The summed E-state index contributed by atoms with van der Waals surface area (Å²) in [5.41, 5.74) is -1.99. The summed E-state index contributed by atoms with van der Waals surface area (Å²) in [5, 5.41) is 25.3. The van der Waals surface area contributed by atoms with Crippen molar-refractivity contribution in [2.45, 2.75) is 112 Å². The molecule has 1 aromatic carbocycles. The van der Waals surface area contributed by atoms with Crippen molar-refractivity contribution in [2.75, 3.05) is 39.4 Å². The van der Waals surface area contributed by atoms with Gasteiger partial charge in [0.05, 0.1) is 17.6 Å². The summed E-state index contributed by atoms with van der Waals surface area (Å²) < 4.78 is 26.0. The number of rotatable bonds is 9. The molecule has 7 aliphatic carbocycles. The van der Waals surface area contributed by atoms with Crippen molar-refractivity contribution in [3.8, 4) is 23.3 Å². The van der Waals surface area contributed by atoms with Crippen molar-refractivity contribution >= 4 is 11.6 Å². The minimum atomic E-state index is -1.19. The first-order chi connectivity index (χ1) is 25.7. The molecule has 278 valence electrons. The van der Waals surface area contributed by atoms with Crippen LogP contribution in [0.25, 0.3) is 0 Å². The minimum absolute atomic E-state index is 0.0166. The maximum atomic E-state index is 13.5. The molecule has 0 aromatic heterocycles. The third-order valence-electron chi connectivity index (χ3n) is 15.8. The Morgan fingerprint density at radius 2 is 1.62 bits per heavy atom. The van der Waals surface area contributed by atoms with Crippen molar-refractivity contribution in [1.29, 1.82) is 0 Å². The molecule has 5 saturated carbocycles. The number of Topliss-reactive ketones (excluding diaryl/α,β-unsaturated/α-hetero) is 2. The zero-order valence-corrected chi connectivity index (χ0v) is 30.2. The van der Waals surface area contributed by atoms with E-state index in [4.69, 9.17) is 18.9 Å². The first-order valence-corrected chi connectivity index (χ1v) is 20.4. The summed E-state index contributed by atoms with van der Waals surface area (Å²) in [5.74, 6) is 10.8. The minimum Gasteiger partial charge on any atom is -0.487 e. The smallest absolute Gasteiger partial charge is 0.180 e. The van der Waals surface area contributed by atoms with E-state index in [1.807, 2.05) is 12.1 Å². The molecule has 4 heterocycles. The third kappa shape index (κ3) is 4.00. The zero-order valence-electron chi connectivity index (χ0n) is 30.2. The van der Waals surface area contributed by atoms with E-state index in [2.05, 4.69) is 33.8 Å². The van der Waals surface area contributed by atoms with Crippen molar-refractivity contribution in [2.24, 2.45) is 29.1 Å². The highest BCUT2D eigenvalue weighted by molar-refractivity contribution is 5.91. The van der Waals surface area contributed by atoms with Crippen LogP contribution in [-0.4, -0.2) is 106 Å². The van der Waals surface area contributed by atoms with Crippen LogP contribution < -0.4 is 9.47 Å². The van der Waals surface area contributed by atoms with Crippen LogP contribution in [0.4, 0.5) is 0 Å². The van der Waals surface area contributed by atoms with Gasteiger partial charge in [-0.15, -0.1) is 0 Å². The fraction of sp³-hybridized carbons (Fsp3) is 0.674. The van der Waals surface area contributed by atoms with Crippen LogP contribution in [0.1, 0.15) is 75.3 Å². The SMILES string of the molecule is O=C1CC[C@@]2(O)C3Cc4ccc(OCCOC5=C6O[C@H]7C(=O)CC[C@@]8(O)[C@H]9CC(C=C5)C6[C@@]78CCN9CC5CC5)c5c4[C@@]2(C#CCN3CC2CC2)[C@H]1O5. The summed E-state index contributed by atoms with van der Waals surface area (Å²) in [6.07, 6.45) is 11.5. The summed E-state index contributed by atoms with van der Waals surface area (Å²) in [6, 6.07) is 3.90. The van der Waals surface area contributed by atoms with Crippen LogP contribution in [0.2, 0.25) is 0 Å². The van der Waals surface area contributed by atoms with Gasteiger partial charge in [-0.25, -0.2) is 0 Å². The van der Waals surface area contributed by atoms with Crippen LogP contribution >= 0.6 is 0 Å². The molecule has 4 bridgehead atoms. The molecule has 10 nitrogen and oxygen atoms in total. The number of hydrogen-bond acceptors (Lipinski definition) is 10. The summed E-state index contributed by atoms with van der Waals surface area (Å²) in [6.45, 7) is 3.89. The Hall–Kier alpha value is -3.36. The highest BCUT2D eigenvalue weighted by atomic mass is 16.6. The molecule has 2 N–H and O–H groups in total. The third-order valence-corrected chi connectivity index (χ3v) is 15.8. The second kappa shape index (κ2) is 10.7. The number of aliphatic hydroxyl groups is 2. The van der Waals surface area contributed by atoms with Gasteiger partial charge >= 0.3 is 0 Å². The molecule has 3 unspecified atom stereocenters. The molecule has 2 spiro atoms. The van der Waals surface area contributed by atoms with E-state index in [1.165, 1.54) is 25.7 Å². The van der Waals surface area contributed by atoms with Gasteiger partial charge in [0, 0.05) is 49.5 Å². The number of piperidine rings is 1. The fourth-order valence-electron chi connectivity index (χ4n) is 13.1. The molecule has 4 aliphatic heterocycles. The van der Waals surface area contributed by atoms with E-state index in [1.54, 1.807) is 0 Å². The highest BCUT2D eigenvalue weighted by Gasteiger charge is 2.77. The standard InChI is InChI=1S/C43H48N2O8/c46-28-10-13-42(48)32-20-26-6-8-30(36-34(26)40(42,38(28)52-36)12-1-16-44(32)22-24-2-3-24)50-18-19-51-31-9-7-27-21-33-43(49)14-11-29(47)39-41(43,35(27)37(31)53-39)15-17-45(33)23-25-4-5-25/h6-9,24-25,27,32-33,35,38-39,48-49H,2-5,10-11,13-23H2/t27?,32?,33-,35?,38+,39+,40+,41+,42-,43-/m1/s1. The molecular weight excluding hydrogens is 672 g/mol. The van der Waals surface area contributed by atoms with E-state index in [-0.39, 0.29) is 55.1 Å². The molecule has 10 atom stereocenters. The monoisotopic (exact) mass is 720 g/mol. The van der Waals surface area contributed by atoms with Gasteiger partial charge in [0.15, 0.2) is 41.0 Å². The first kappa shape index (κ1) is 31.9. The van der Waals surface area contributed by atoms with Crippen molar-refractivity contribution < 1.29 is 38.7 Å². The number of carbonyl (C=O) groups is 2. The number of ether oxygens (including phenoxy) is 4. The van der Waals surface area contributed by atoms with Gasteiger partial charge in [-0.3, -0.25) is 19.4 Å². The normalized spacial score (nSPS) is 44.0. The van der Waals surface area contributed by atoms with Crippen molar-refractivity contribution in [1.82, 2.24) is 9.80 Å². The van der Waals surface area contributed by atoms with Crippen LogP contribution in [-0.2, 0) is 30.9 Å². The lowest BCUT2D eigenvalue weighted by atomic mass is 9.44. The molecule has 0 radical (unpaired) electrons. The molecule has 53 heavy (non-hydrogen) atoms. The fourth-order valence-corrected chi connectivity index (χ4v) is 13.1. The number of ketones is 2. The maximum absolute atomic E-state index is 13.5. The molecule has 12 rings (SSSR count). The largest absolute Gasteiger partial charge is 0.487 e. The predicted octanol–water partition coefficient (Wildman–Crippen LogP) is 3.21. The first-order valence-electron chi connectivity index (χ1n) is 20.4. The topological polar surface area (TPSA) is 118 Å². The zero-order chi connectivity index (χ0) is 35.5. The average Bonchev–Trinajstić information content (AvgIpc) is 4.08. The van der Waals surface area contributed by atoms with Gasteiger partial charge in [0.25, 0.3) is 0 Å². The number of allylic oxidation sites excluding steroid dienone is 3. The molecule has 1 aromatic rings. The second-order valence-corrected chi connectivity index (χ2v) is 18.3. The quantitative estimate of drug-likeness (QED) is 0.291. The van der Waals surface area contributed by atoms with Crippen LogP contribution in [0.15, 0.2) is 35.8 Å². The molecule has 11 aliphatic rings. The van der Waals surface area contributed by atoms with E-state index in [0.717, 1.165) is 55.3 Å². The number of hydrogen-bond donors (Lipinski definition) is 2. The van der Waals surface area contributed by atoms with Crippen molar-refractivity contribution in [3.05, 3.63) is 46.9 Å². The lowest BCUT2D eigenvalue weighted by Gasteiger charge is -2.65. The predicted molar refractivity (Wildman–Crippen MR) is 190 cm³/mol. The Balaban J connectivity index is 0.813. The summed E-state index contributed by atoms with van der Waals surface area (Å²) >= 11 is 0. The molecule has 10 heteroatoms. The summed E-state index contributed by atoms with van der Waals surface area (Å²) in [7, 11) is 0. The summed E-state index contributed by atoms with van der Waals surface area (Å²) in [4.78, 5) is 32.0. The van der Waals surface area contributed by atoms with Crippen LogP contribution in [0.3, 0.4) is 0 Å². The average molecular weight is 721 g/mol. The molecule has 2 saturated heterocycles. The number of carbonyl (C=O) groups excluding carboxylic acids is 2. The number of benzene rings is 1. The second-order valence-electron chi connectivity index (χ2n) is 18.3. The van der Waals surface area contributed by atoms with Gasteiger partial charge in [0.2, 0.25) is 0 Å². The highest BCUT2D eigenvalue weighted by Crippen LogP contribution is 2.69. The Bertz CT molecular complexity index is 1970. The van der Waals surface area contributed by atoms with Gasteiger partial charge in [0.1, 0.15) is 30.0 Å². The lowest BCUT2D eigenvalue weighted by molar-refractivity contribution is -0.244. The molecule has 0 amide bonds. The van der Waals surface area contributed by atoms with E-state index in [0.29, 0.717) is 55.4 Å². The van der Waals surface area contributed by atoms with Gasteiger partial charge in [-0.2, -0.15) is 0 Å². The number of nitrogens with zero attached hydrogens (tertiary/aromatic N) is 2. The van der Waals surface area contributed by atoms with E-state index in [9.17, 15) is 19.8 Å². The van der Waals surface area contributed by atoms with Gasteiger partial charge in [-0.05, 0) is 99.8 Å². The molecular formula is C43H48N2O8. The number of likely N-dealkylation sites (tertiary alicyclic amines) is 1. The molecule has 7 fully saturated rings. The van der Waals surface area contributed by atoms with Crippen LogP contribution in [0, 0.1) is 40.9 Å². The lowest BCUT2D eigenvalue weighted by Crippen LogP contribution is -2.76. The van der Waals surface area contributed by atoms with Gasteiger partial charge < -0.3 is 29.2 Å². The Kier molecular flexibility index (Phi) is 6.44. The maximum Gasteiger partial charge on any atom is 0.180 e. The van der Waals surface area contributed by atoms with E-state index < -0.39 is 34.2 Å². The van der Waals surface area contributed by atoms with Gasteiger partial charge in [-0.1, -0.05) is 24.0 Å². The Morgan fingerprint density at radius 3 is 2.43 bits per heavy atom. The van der Waals surface area contributed by atoms with Crippen molar-refractivity contribution in [3.63, 3.8) is 0 Å².